The number of hydrogen-bond donors (Lipinski definition) is 1. The van der Waals surface area contributed by atoms with Crippen molar-refractivity contribution in [2.45, 2.75) is 31.1 Å². The molecule has 1 amide bonds. The molecule has 0 spiro atoms. The van der Waals surface area contributed by atoms with Crippen LogP contribution in [-0.4, -0.2) is 20.9 Å². The second-order valence-electron chi connectivity index (χ2n) is 9.13. The van der Waals surface area contributed by atoms with Crippen LogP contribution in [0.15, 0.2) is 88.7 Å². The van der Waals surface area contributed by atoms with Gasteiger partial charge in [-0.15, -0.1) is 0 Å². The Balaban J connectivity index is 1.76. The number of alkyl halides is 3. The van der Waals surface area contributed by atoms with Crippen molar-refractivity contribution in [3.63, 3.8) is 0 Å². The number of carbonyl (C=O) groups excluding carboxylic acids is 1. The van der Waals surface area contributed by atoms with Crippen LogP contribution in [0.4, 0.5) is 13.2 Å². The molecule has 1 N–H and O–H groups in total. The number of nitriles is 1. The zero-order valence-electron chi connectivity index (χ0n) is 21.6. The van der Waals surface area contributed by atoms with Crippen molar-refractivity contribution in [2.75, 3.05) is 6.26 Å². The fourth-order valence-electron chi connectivity index (χ4n) is 4.23. The first-order valence-electron chi connectivity index (χ1n) is 12.1. The average molecular weight is 564 g/mol. The van der Waals surface area contributed by atoms with Gasteiger partial charge >= 0.3 is 6.18 Å². The molecule has 4 rings (SSSR count). The molecule has 6 nitrogen and oxygen atoms in total. The van der Waals surface area contributed by atoms with Crippen LogP contribution in [0.5, 0.6) is 0 Å². The van der Waals surface area contributed by atoms with Gasteiger partial charge in [0.05, 0.1) is 17.2 Å². The van der Waals surface area contributed by atoms with E-state index >= 15 is 0 Å². The van der Waals surface area contributed by atoms with Gasteiger partial charge in [0, 0.05) is 52.5 Å². The van der Waals surface area contributed by atoms with Crippen molar-refractivity contribution >= 4 is 16.7 Å². The number of rotatable bonds is 7. The van der Waals surface area contributed by atoms with Crippen LogP contribution in [0.3, 0.4) is 0 Å². The summed E-state index contributed by atoms with van der Waals surface area (Å²) in [7, 11) is -1.15. The zero-order chi connectivity index (χ0) is 29.0. The number of nitrogens with zero attached hydrogens (tertiary/aromatic N) is 2. The Morgan fingerprint density at radius 2 is 1.68 bits per heavy atom. The average Bonchev–Trinajstić information content (AvgIpc) is 2.93. The van der Waals surface area contributed by atoms with Gasteiger partial charge in [0.1, 0.15) is 5.56 Å². The second-order valence-corrected chi connectivity index (χ2v) is 10.5. The first kappa shape index (κ1) is 28.5. The van der Waals surface area contributed by atoms with E-state index < -0.39 is 33.9 Å². The molecule has 1 unspecified atom stereocenters. The highest BCUT2D eigenvalue weighted by atomic mass is 32.2. The summed E-state index contributed by atoms with van der Waals surface area (Å²) in [5.41, 5.74) is 0.530. The van der Waals surface area contributed by atoms with E-state index in [1.165, 1.54) is 18.3 Å². The molecule has 1 aromatic heterocycles. The molecule has 0 radical (unpaired) electrons. The van der Waals surface area contributed by atoms with Gasteiger partial charge in [0.25, 0.3) is 5.91 Å². The zero-order valence-corrected chi connectivity index (χ0v) is 22.4. The normalized spacial score (nSPS) is 12.0. The van der Waals surface area contributed by atoms with Crippen LogP contribution >= 0.6 is 0 Å². The molecule has 0 fully saturated rings. The summed E-state index contributed by atoms with van der Waals surface area (Å²) >= 11 is 0. The minimum absolute atomic E-state index is 0.0119. The summed E-state index contributed by atoms with van der Waals surface area (Å²) in [5, 5.41) is 11.8. The van der Waals surface area contributed by atoms with Crippen molar-refractivity contribution < 1.29 is 22.2 Å². The van der Waals surface area contributed by atoms with Gasteiger partial charge in [0.15, 0.2) is 0 Å². The quantitative estimate of drug-likeness (QED) is 0.325. The highest BCUT2D eigenvalue weighted by molar-refractivity contribution is 7.84. The maximum atomic E-state index is 13.6. The number of benzene rings is 3. The van der Waals surface area contributed by atoms with Crippen LogP contribution in [0.2, 0.25) is 0 Å². The highest BCUT2D eigenvalue weighted by Crippen LogP contribution is 2.32. The van der Waals surface area contributed by atoms with Crippen molar-refractivity contribution in [1.29, 1.82) is 5.26 Å². The predicted octanol–water partition coefficient (Wildman–Crippen LogP) is 5.43. The van der Waals surface area contributed by atoms with Gasteiger partial charge in [0.2, 0.25) is 5.43 Å². The molecule has 1 atom stereocenters. The van der Waals surface area contributed by atoms with Gasteiger partial charge < -0.3 is 9.88 Å². The Morgan fingerprint density at radius 1 is 1.02 bits per heavy atom. The smallest absolute Gasteiger partial charge is 0.348 e. The minimum Gasteiger partial charge on any atom is -0.348 e. The van der Waals surface area contributed by atoms with E-state index in [0.717, 1.165) is 17.7 Å². The van der Waals surface area contributed by atoms with Crippen LogP contribution in [0.25, 0.3) is 11.1 Å². The monoisotopic (exact) mass is 563 g/mol. The van der Waals surface area contributed by atoms with Gasteiger partial charge in [-0.25, -0.2) is 0 Å². The SMILES string of the molecule is Cc1c(-c2cccc(C(F)(F)F)c2)c(=O)c(C(=O)NCc2ccc(S(C)=O)cc2)cn1Cc1ccc(C#N)cc1. The number of aromatic nitrogens is 1. The first-order chi connectivity index (χ1) is 19.0. The molecule has 4 aromatic rings. The topological polar surface area (TPSA) is 92.0 Å². The molecule has 204 valence electrons. The summed E-state index contributed by atoms with van der Waals surface area (Å²) in [6.45, 7) is 1.90. The first-order valence-corrected chi connectivity index (χ1v) is 13.6. The van der Waals surface area contributed by atoms with E-state index in [1.54, 1.807) is 66.3 Å². The number of amides is 1. The van der Waals surface area contributed by atoms with E-state index in [2.05, 4.69) is 5.32 Å². The fourth-order valence-corrected chi connectivity index (χ4v) is 4.75. The highest BCUT2D eigenvalue weighted by Gasteiger charge is 2.31. The number of carbonyl (C=O) groups is 1. The Morgan fingerprint density at radius 3 is 2.27 bits per heavy atom. The second kappa shape index (κ2) is 11.7. The van der Waals surface area contributed by atoms with E-state index in [-0.39, 0.29) is 29.8 Å². The van der Waals surface area contributed by atoms with Crippen LogP contribution in [-0.2, 0) is 30.1 Å². The largest absolute Gasteiger partial charge is 0.416 e. The Kier molecular flexibility index (Phi) is 8.35. The maximum Gasteiger partial charge on any atom is 0.416 e. The lowest BCUT2D eigenvalue weighted by Crippen LogP contribution is -2.31. The Bertz CT molecular complexity index is 1690. The molecular formula is C30H24F3N3O3S. The Labute approximate surface area is 231 Å². The summed E-state index contributed by atoms with van der Waals surface area (Å²) < 4.78 is 53.7. The third-order valence-electron chi connectivity index (χ3n) is 6.42. The molecule has 0 aliphatic rings. The number of nitrogens with one attached hydrogen (secondary N) is 1. The molecule has 0 bridgehead atoms. The molecule has 10 heteroatoms. The summed E-state index contributed by atoms with van der Waals surface area (Å²) in [4.78, 5) is 27.5. The lowest BCUT2D eigenvalue weighted by atomic mass is 9.98. The van der Waals surface area contributed by atoms with Crippen LogP contribution in [0, 0.1) is 18.3 Å². The summed E-state index contributed by atoms with van der Waals surface area (Å²) in [5.74, 6) is -0.685. The molecule has 40 heavy (non-hydrogen) atoms. The summed E-state index contributed by atoms with van der Waals surface area (Å²) in [6.07, 6.45) is -1.66. The number of halogens is 3. The minimum atomic E-state index is -4.61. The van der Waals surface area contributed by atoms with Crippen molar-refractivity contribution in [3.8, 4) is 17.2 Å². The van der Waals surface area contributed by atoms with Crippen LogP contribution < -0.4 is 10.7 Å². The molecule has 0 aliphatic heterocycles. The van der Waals surface area contributed by atoms with Crippen LogP contribution in [0.1, 0.15) is 38.3 Å². The van der Waals surface area contributed by atoms with Crippen molar-refractivity contribution in [2.24, 2.45) is 0 Å². The third-order valence-corrected chi connectivity index (χ3v) is 7.35. The fraction of sp³-hybridized carbons (Fsp3) is 0.167. The van der Waals surface area contributed by atoms with Gasteiger partial charge in [-0.3, -0.25) is 13.8 Å². The molecule has 0 aliphatic carbocycles. The van der Waals surface area contributed by atoms with Gasteiger partial charge in [-0.1, -0.05) is 36.4 Å². The molecule has 0 saturated carbocycles. The van der Waals surface area contributed by atoms with Crippen molar-refractivity contribution in [1.82, 2.24) is 9.88 Å². The lowest BCUT2D eigenvalue weighted by Gasteiger charge is -2.18. The number of pyridine rings is 1. The maximum absolute atomic E-state index is 13.6. The number of hydrogen-bond acceptors (Lipinski definition) is 4. The van der Waals surface area contributed by atoms with E-state index in [4.69, 9.17) is 5.26 Å². The molecule has 1 heterocycles. The van der Waals surface area contributed by atoms with Gasteiger partial charge in [-0.05, 0) is 60.0 Å². The molecule has 3 aromatic carbocycles. The standard InChI is InChI=1S/C30H24F3N3O3S/c1-19-27(23-4-3-5-24(14-23)30(31,32)33)28(37)26(18-36(19)17-22-8-6-20(15-34)7-9-22)29(38)35-16-21-10-12-25(13-11-21)40(2)39/h3-14,18H,16-17H2,1-2H3,(H,35,38). The molecule has 0 saturated heterocycles. The van der Waals surface area contributed by atoms with E-state index in [1.807, 2.05) is 6.07 Å². The Hall–Kier alpha value is -4.49. The van der Waals surface area contributed by atoms with Gasteiger partial charge in [-0.2, -0.15) is 18.4 Å². The van der Waals surface area contributed by atoms with E-state index in [9.17, 15) is 27.0 Å². The lowest BCUT2D eigenvalue weighted by molar-refractivity contribution is -0.137. The van der Waals surface area contributed by atoms with Crippen molar-refractivity contribution in [3.05, 3.63) is 123 Å². The predicted molar refractivity (Wildman–Crippen MR) is 146 cm³/mol. The summed E-state index contributed by atoms with van der Waals surface area (Å²) in [6, 6.07) is 20.0. The molecular weight excluding hydrogens is 539 g/mol. The third kappa shape index (κ3) is 6.38. The van der Waals surface area contributed by atoms with E-state index in [0.29, 0.717) is 21.7 Å².